The van der Waals surface area contributed by atoms with E-state index in [0.29, 0.717) is 16.1 Å². The zero-order chi connectivity index (χ0) is 23.3. The second-order valence-electron chi connectivity index (χ2n) is 6.57. The molecule has 2 aromatic carbocycles. The van der Waals surface area contributed by atoms with E-state index in [2.05, 4.69) is 10.1 Å². The van der Waals surface area contributed by atoms with Crippen LogP contribution in [0.4, 0.5) is 18.2 Å². The van der Waals surface area contributed by atoms with Gasteiger partial charge in [-0.1, -0.05) is 18.2 Å². The molecule has 0 unspecified atom stereocenters. The van der Waals surface area contributed by atoms with Crippen LogP contribution in [0.25, 0.3) is 11.1 Å². The van der Waals surface area contributed by atoms with Crippen molar-refractivity contribution in [1.29, 1.82) is 0 Å². The molecule has 6 nitrogen and oxygen atoms in total. The largest absolute Gasteiger partial charge is 0.573 e. The number of amides is 1. The van der Waals surface area contributed by atoms with Crippen molar-refractivity contribution in [2.24, 2.45) is 0 Å². The number of carbonyl (C=O) groups excluding carboxylic acids is 2. The van der Waals surface area contributed by atoms with Crippen LogP contribution in [0.5, 0.6) is 11.5 Å². The number of benzene rings is 2. The zero-order valence-electron chi connectivity index (χ0n) is 16.7. The van der Waals surface area contributed by atoms with Crippen molar-refractivity contribution in [3.8, 4) is 22.6 Å². The van der Waals surface area contributed by atoms with E-state index < -0.39 is 12.3 Å². The van der Waals surface area contributed by atoms with Crippen molar-refractivity contribution in [2.75, 3.05) is 11.9 Å². The number of carbonyl (C=O) groups is 2. The predicted molar refractivity (Wildman–Crippen MR) is 113 cm³/mol. The third-order valence-electron chi connectivity index (χ3n) is 4.20. The fourth-order valence-corrected chi connectivity index (χ4v) is 3.66. The number of phenols is 1. The summed E-state index contributed by atoms with van der Waals surface area (Å²) < 4.78 is 45.5. The van der Waals surface area contributed by atoms with Gasteiger partial charge in [0.2, 0.25) is 5.91 Å². The molecule has 1 aromatic heterocycles. The number of aromatic hydroxyl groups is 1. The third kappa shape index (κ3) is 6.24. The normalized spacial score (nSPS) is 11.1. The molecule has 32 heavy (non-hydrogen) atoms. The van der Waals surface area contributed by atoms with E-state index >= 15 is 0 Å². The lowest BCUT2D eigenvalue weighted by atomic mass is 10.1. The molecule has 3 rings (SSSR count). The maximum atomic E-state index is 12.4. The highest BCUT2D eigenvalue weighted by atomic mass is 32.1. The van der Waals surface area contributed by atoms with Crippen LogP contribution in [0.2, 0.25) is 0 Å². The third-order valence-corrected chi connectivity index (χ3v) is 5.05. The zero-order valence-corrected chi connectivity index (χ0v) is 17.5. The van der Waals surface area contributed by atoms with Gasteiger partial charge in [0, 0.05) is 5.38 Å². The Bertz CT molecular complexity index is 1110. The first-order chi connectivity index (χ1) is 15.1. The van der Waals surface area contributed by atoms with Crippen molar-refractivity contribution in [2.45, 2.75) is 19.7 Å². The van der Waals surface area contributed by atoms with E-state index in [-0.39, 0.29) is 36.0 Å². The van der Waals surface area contributed by atoms with Gasteiger partial charge < -0.3 is 19.9 Å². The van der Waals surface area contributed by atoms with Crippen molar-refractivity contribution in [1.82, 2.24) is 0 Å². The molecule has 10 heteroatoms. The molecule has 1 heterocycles. The van der Waals surface area contributed by atoms with Gasteiger partial charge in [-0.25, -0.2) is 4.79 Å². The van der Waals surface area contributed by atoms with E-state index in [1.807, 2.05) is 0 Å². The van der Waals surface area contributed by atoms with E-state index in [1.54, 1.807) is 18.4 Å². The van der Waals surface area contributed by atoms with Crippen LogP contribution in [0, 0.1) is 0 Å². The summed E-state index contributed by atoms with van der Waals surface area (Å²) in [6.07, 6.45) is -4.79. The van der Waals surface area contributed by atoms with Gasteiger partial charge in [-0.2, -0.15) is 0 Å². The Balaban J connectivity index is 1.64. The molecule has 168 valence electrons. The number of ether oxygens (including phenoxy) is 2. The van der Waals surface area contributed by atoms with Gasteiger partial charge in [-0.05, 0) is 53.9 Å². The van der Waals surface area contributed by atoms with Gasteiger partial charge in [0.15, 0.2) is 0 Å². The van der Waals surface area contributed by atoms with E-state index in [9.17, 15) is 27.9 Å². The number of hydrogen-bond acceptors (Lipinski definition) is 6. The number of phenolic OH excluding ortho intramolecular Hbond substituents is 1. The van der Waals surface area contributed by atoms with Gasteiger partial charge in [0.25, 0.3) is 0 Å². The number of esters is 1. The molecule has 3 aromatic rings. The molecule has 0 aliphatic rings. The van der Waals surface area contributed by atoms with E-state index in [0.717, 1.165) is 5.56 Å². The second-order valence-corrected chi connectivity index (χ2v) is 7.48. The molecule has 0 radical (unpaired) electrons. The minimum Gasteiger partial charge on any atom is -0.507 e. The highest BCUT2D eigenvalue weighted by Crippen LogP contribution is 2.31. The molecule has 0 aliphatic heterocycles. The summed E-state index contributed by atoms with van der Waals surface area (Å²) in [7, 11) is 0. The molecule has 1 amide bonds. The Labute approximate surface area is 185 Å². The summed E-state index contributed by atoms with van der Waals surface area (Å²) in [5.74, 6) is -1.57. The maximum Gasteiger partial charge on any atom is 0.573 e. The van der Waals surface area contributed by atoms with Crippen LogP contribution in [0.3, 0.4) is 0 Å². The van der Waals surface area contributed by atoms with Gasteiger partial charge in [-0.15, -0.1) is 24.5 Å². The number of alkyl halides is 3. The summed E-state index contributed by atoms with van der Waals surface area (Å²) in [5, 5.41) is 14.9. The van der Waals surface area contributed by atoms with Crippen molar-refractivity contribution >= 4 is 28.2 Å². The Morgan fingerprint density at radius 1 is 1.06 bits per heavy atom. The number of anilines is 1. The van der Waals surface area contributed by atoms with E-state index in [1.165, 1.54) is 53.8 Å². The molecule has 2 N–H and O–H groups in total. The van der Waals surface area contributed by atoms with Crippen LogP contribution in [0.1, 0.15) is 22.8 Å². The first-order valence-electron chi connectivity index (χ1n) is 9.38. The smallest absolute Gasteiger partial charge is 0.507 e. The minimum absolute atomic E-state index is 0.0199. The van der Waals surface area contributed by atoms with Crippen LogP contribution in [-0.2, 0) is 16.0 Å². The Kier molecular flexibility index (Phi) is 7.04. The predicted octanol–water partition coefficient (Wildman–Crippen LogP) is 5.38. The molecular formula is C22H18F3NO5S. The van der Waals surface area contributed by atoms with Crippen LogP contribution in [0.15, 0.2) is 53.9 Å². The molecule has 0 fully saturated rings. The Morgan fingerprint density at radius 2 is 1.78 bits per heavy atom. The van der Waals surface area contributed by atoms with Crippen LogP contribution in [-0.4, -0.2) is 30.0 Å². The van der Waals surface area contributed by atoms with Crippen molar-refractivity contribution < 1.29 is 37.3 Å². The Hall–Kier alpha value is -3.53. The standard InChI is InChI=1S/C22H18F3NO5S/c1-2-30-21(29)17-9-13(3-8-18(17)27)10-19(28)26-20-11-15(12-32-20)14-4-6-16(7-5-14)31-22(23,24)25/h3-9,11-12,27H,2,10H2,1H3,(H,26,28). The van der Waals surface area contributed by atoms with Gasteiger partial charge in [-0.3, -0.25) is 4.79 Å². The minimum atomic E-state index is -4.75. The highest BCUT2D eigenvalue weighted by Gasteiger charge is 2.31. The number of nitrogens with one attached hydrogen (secondary N) is 1. The molecule has 0 saturated heterocycles. The summed E-state index contributed by atoms with van der Waals surface area (Å²) in [5.41, 5.74) is 1.88. The summed E-state index contributed by atoms with van der Waals surface area (Å²) in [6, 6.07) is 11.4. The average molecular weight is 465 g/mol. The van der Waals surface area contributed by atoms with Gasteiger partial charge in [0.05, 0.1) is 18.0 Å². The topological polar surface area (TPSA) is 84.9 Å². The van der Waals surface area contributed by atoms with Gasteiger partial charge >= 0.3 is 12.3 Å². The molecule has 0 atom stereocenters. The van der Waals surface area contributed by atoms with Gasteiger partial charge in [0.1, 0.15) is 17.1 Å². The lowest BCUT2D eigenvalue weighted by Gasteiger charge is -2.09. The lowest BCUT2D eigenvalue weighted by molar-refractivity contribution is -0.274. The number of halogens is 3. The number of thiophene rings is 1. The molecular weight excluding hydrogens is 447 g/mol. The average Bonchev–Trinajstić information content (AvgIpc) is 3.17. The van der Waals surface area contributed by atoms with Crippen molar-refractivity contribution in [3.63, 3.8) is 0 Å². The molecule has 0 aliphatic carbocycles. The summed E-state index contributed by atoms with van der Waals surface area (Å²) in [4.78, 5) is 24.3. The second kappa shape index (κ2) is 9.73. The Morgan fingerprint density at radius 3 is 2.44 bits per heavy atom. The quantitative estimate of drug-likeness (QED) is 0.458. The first-order valence-corrected chi connectivity index (χ1v) is 10.3. The summed E-state index contributed by atoms with van der Waals surface area (Å²) in [6.45, 7) is 1.80. The lowest BCUT2D eigenvalue weighted by Crippen LogP contribution is -2.16. The number of rotatable bonds is 7. The fourth-order valence-electron chi connectivity index (χ4n) is 2.83. The molecule has 0 bridgehead atoms. The molecule has 0 saturated carbocycles. The SMILES string of the molecule is CCOC(=O)c1cc(CC(=O)Nc2cc(-c3ccc(OC(F)(F)F)cc3)cs2)ccc1O. The first kappa shape index (κ1) is 23.1. The summed E-state index contributed by atoms with van der Waals surface area (Å²) >= 11 is 1.26. The maximum absolute atomic E-state index is 12.4. The highest BCUT2D eigenvalue weighted by molar-refractivity contribution is 7.14. The van der Waals surface area contributed by atoms with E-state index in [4.69, 9.17) is 4.74 Å². The van der Waals surface area contributed by atoms with Crippen LogP contribution < -0.4 is 10.1 Å². The number of hydrogen-bond donors (Lipinski definition) is 2. The van der Waals surface area contributed by atoms with Crippen molar-refractivity contribution in [3.05, 3.63) is 65.0 Å². The van der Waals surface area contributed by atoms with Crippen LogP contribution >= 0.6 is 11.3 Å². The monoisotopic (exact) mass is 465 g/mol. The molecule has 0 spiro atoms. The fraction of sp³-hybridized carbons (Fsp3) is 0.182.